The zero-order chi connectivity index (χ0) is 33.6. The van der Waals surface area contributed by atoms with Crippen LogP contribution in [0.15, 0.2) is 79.0 Å². The van der Waals surface area contributed by atoms with Crippen LogP contribution in [0.25, 0.3) is 22.4 Å². The fourth-order valence-electron chi connectivity index (χ4n) is 6.38. The van der Waals surface area contributed by atoms with Crippen LogP contribution in [-0.4, -0.2) is 78.7 Å². The molecule has 0 bridgehead atoms. The zero-order valence-electron chi connectivity index (χ0n) is 27.7. The highest BCUT2D eigenvalue weighted by atomic mass is 16.5. The molecule has 0 radical (unpaired) electrons. The predicted octanol–water partition coefficient (Wildman–Crippen LogP) is 5.45. The minimum Gasteiger partial charge on any atom is -0.453 e. The van der Waals surface area contributed by atoms with Crippen molar-refractivity contribution < 1.29 is 19.1 Å². The van der Waals surface area contributed by atoms with Gasteiger partial charge in [-0.15, -0.1) is 0 Å². The minimum atomic E-state index is -0.676. The Bertz CT molecular complexity index is 1710. The molecule has 11 heteroatoms. The van der Waals surface area contributed by atoms with Gasteiger partial charge in [-0.05, 0) is 66.3 Å². The second-order valence-electron chi connectivity index (χ2n) is 12.6. The molecule has 3 aromatic carbocycles. The van der Waals surface area contributed by atoms with Crippen molar-refractivity contribution in [1.82, 2.24) is 25.5 Å². The maximum atomic E-state index is 13.5. The summed E-state index contributed by atoms with van der Waals surface area (Å²) in [6.45, 7) is 8.28. The molecule has 2 aliphatic heterocycles. The summed E-state index contributed by atoms with van der Waals surface area (Å²) in [5.41, 5.74) is 6.31. The zero-order valence-corrected chi connectivity index (χ0v) is 27.7. The van der Waals surface area contributed by atoms with Crippen LogP contribution in [0.3, 0.4) is 0 Å². The molecule has 6 rings (SSSR count). The Balaban J connectivity index is 1.07. The first kappa shape index (κ1) is 32.8. The minimum absolute atomic E-state index is 0.0934. The number of hydrogen-bond donors (Lipinski definition) is 4. The van der Waals surface area contributed by atoms with Gasteiger partial charge in [-0.3, -0.25) is 9.59 Å². The van der Waals surface area contributed by atoms with Gasteiger partial charge in [-0.2, -0.15) is 0 Å². The number of carbonyl (C=O) groups excluding carboxylic acids is 3. The number of rotatable bonds is 9. The van der Waals surface area contributed by atoms with E-state index in [-0.39, 0.29) is 23.8 Å². The highest BCUT2D eigenvalue weighted by molar-refractivity contribution is 6.04. The molecule has 2 fully saturated rings. The number of H-pyrrole nitrogens is 1. The molecule has 11 nitrogen and oxygen atoms in total. The van der Waals surface area contributed by atoms with Crippen LogP contribution in [0.1, 0.15) is 48.9 Å². The van der Waals surface area contributed by atoms with E-state index in [4.69, 9.17) is 9.72 Å². The summed E-state index contributed by atoms with van der Waals surface area (Å²) in [5.74, 6) is 0.364. The van der Waals surface area contributed by atoms with Crippen LogP contribution in [0.2, 0.25) is 0 Å². The number of methoxy groups -OCH3 is 1. The van der Waals surface area contributed by atoms with Crippen LogP contribution in [0.4, 0.5) is 16.2 Å². The van der Waals surface area contributed by atoms with Gasteiger partial charge in [0.15, 0.2) is 0 Å². The summed E-state index contributed by atoms with van der Waals surface area (Å²) in [6.07, 6.45) is 2.90. The van der Waals surface area contributed by atoms with E-state index in [0.717, 1.165) is 78.6 Å². The van der Waals surface area contributed by atoms with Crippen LogP contribution in [0, 0.1) is 5.92 Å². The van der Waals surface area contributed by atoms with E-state index in [2.05, 4.69) is 25.8 Å². The SMILES string of the molecule is COC(=O)N[C@H](C(=O)N1CCCC1c1nc(-c2ccc(-c3ccc(NC(=O)c4ccc(N5CCNCC5)cc4)cc3)cc2)c[nH]1)C(C)C. The number of carbonyl (C=O) groups is 3. The molecule has 48 heavy (non-hydrogen) atoms. The fraction of sp³-hybridized carbons (Fsp3) is 0.351. The summed E-state index contributed by atoms with van der Waals surface area (Å²) in [7, 11) is 1.29. The van der Waals surface area contributed by atoms with Crippen molar-refractivity contribution >= 4 is 29.3 Å². The molecule has 1 unspecified atom stereocenters. The number of imidazole rings is 1. The van der Waals surface area contributed by atoms with E-state index >= 15 is 0 Å². The summed E-state index contributed by atoms with van der Waals surface area (Å²) in [4.78, 5) is 50.5. The van der Waals surface area contributed by atoms with E-state index in [1.54, 1.807) is 0 Å². The molecule has 0 spiro atoms. The number of likely N-dealkylation sites (tertiary alicyclic amines) is 1. The quantitative estimate of drug-likeness (QED) is 0.190. The van der Waals surface area contributed by atoms with Crippen LogP contribution in [0.5, 0.6) is 0 Å². The van der Waals surface area contributed by atoms with Gasteiger partial charge in [0, 0.05) is 61.4 Å². The van der Waals surface area contributed by atoms with Crippen LogP contribution < -0.4 is 20.9 Å². The highest BCUT2D eigenvalue weighted by Crippen LogP contribution is 2.33. The predicted molar refractivity (Wildman–Crippen MR) is 187 cm³/mol. The summed E-state index contributed by atoms with van der Waals surface area (Å²) < 4.78 is 4.74. The van der Waals surface area contributed by atoms with E-state index in [0.29, 0.717) is 12.1 Å². The number of benzene rings is 3. The summed E-state index contributed by atoms with van der Waals surface area (Å²) >= 11 is 0. The Morgan fingerprint density at radius 1 is 0.875 bits per heavy atom. The monoisotopic (exact) mass is 649 g/mol. The van der Waals surface area contributed by atoms with Crippen molar-refractivity contribution in [1.29, 1.82) is 0 Å². The lowest BCUT2D eigenvalue weighted by atomic mass is 10.0. The van der Waals surface area contributed by atoms with E-state index in [9.17, 15) is 14.4 Å². The lowest BCUT2D eigenvalue weighted by molar-refractivity contribution is -0.135. The molecule has 2 saturated heterocycles. The van der Waals surface area contributed by atoms with Crippen molar-refractivity contribution in [2.75, 3.05) is 50.1 Å². The Labute approximate surface area is 281 Å². The number of amides is 3. The Hall–Kier alpha value is -5.16. The third kappa shape index (κ3) is 7.36. The first-order chi connectivity index (χ1) is 23.3. The normalized spacial score (nSPS) is 16.9. The van der Waals surface area contributed by atoms with Crippen molar-refractivity contribution in [2.45, 2.75) is 38.8 Å². The van der Waals surface area contributed by atoms with Crippen molar-refractivity contribution in [3.05, 3.63) is 90.4 Å². The maximum absolute atomic E-state index is 13.5. The molecule has 3 heterocycles. The van der Waals surface area contributed by atoms with Crippen molar-refractivity contribution in [3.63, 3.8) is 0 Å². The standard InChI is InChI=1S/C37H43N7O4/c1-24(2)33(42-37(47)48-3)36(46)44-20-4-5-32(44)34-39-23-31(41-34)27-8-6-25(7-9-27)26-10-14-29(15-11-26)40-35(45)28-12-16-30(17-13-28)43-21-18-38-19-22-43/h6-17,23-24,32-33,38H,4-5,18-22H2,1-3H3,(H,39,41)(H,40,45)(H,42,47)/t32?,33-/m0/s1. The number of nitrogens with one attached hydrogen (secondary N) is 4. The topological polar surface area (TPSA) is 132 Å². The molecule has 1 aromatic heterocycles. The Morgan fingerprint density at radius 3 is 2.17 bits per heavy atom. The van der Waals surface area contributed by atoms with E-state index < -0.39 is 12.1 Å². The Kier molecular flexibility index (Phi) is 10.1. The Morgan fingerprint density at radius 2 is 1.52 bits per heavy atom. The molecule has 4 N–H and O–H groups in total. The van der Waals surface area contributed by atoms with Gasteiger partial charge in [0.1, 0.15) is 11.9 Å². The van der Waals surface area contributed by atoms with Crippen LogP contribution >= 0.6 is 0 Å². The van der Waals surface area contributed by atoms with Gasteiger partial charge >= 0.3 is 6.09 Å². The average molecular weight is 650 g/mol. The number of piperazine rings is 1. The van der Waals surface area contributed by atoms with E-state index in [1.807, 2.05) is 97.7 Å². The lowest BCUT2D eigenvalue weighted by Gasteiger charge is -2.29. The number of nitrogens with zero attached hydrogens (tertiary/aromatic N) is 3. The highest BCUT2D eigenvalue weighted by Gasteiger charge is 2.37. The number of alkyl carbamates (subject to hydrolysis) is 1. The van der Waals surface area contributed by atoms with Crippen LogP contribution in [-0.2, 0) is 9.53 Å². The molecular formula is C37H43N7O4. The first-order valence-corrected chi connectivity index (χ1v) is 16.6. The molecule has 2 aliphatic rings. The summed E-state index contributed by atoms with van der Waals surface area (Å²) in [6, 6.07) is 22.9. The number of aromatic amines is 1. The third-order valence-electron chi connectivity index (χ3n) is 9.11. The number of aromatic nitrogens is 2. The van der Waals surface area contributed by atoms with Gasteiger partial charge in [-0.1, -0.05) is 50.2 Å². The second-order valence-corrected chi connectivity index (χ2v) is 12.6. The molecule has 250 valence electrons. The maximum Gasteiger partial charge on any atom is 0.407 e. The third-order valence-corrected chi connectivity index (χ3v) is 9.11. The number of ether oxygens (including phenoxy) is 1. The van der Waals surface area contributed by atoms with Gasteiger partial charge in [0.05, 0.1) is 18.8 Å². The molecule has 3 amide bonds. The van der Waals surface area contributed by atoms with Gasteiger partial charge in [-0.25, -0.2) is 9.78 Å². The van der Waals surface area contributed by atoms with Crippen molar-refractivity contribution in [2.24, 2.45) is 5.92 Å². The van der Waals surface area contributed by atoms with E-state index in [1.165, 1.54) is 7.11 Å². The largest absolute Gasteiger partial charge is 0.453 e. The first-order valence-electron chi connectivity index (χ1n) is 16.6. The fourth-order valence-corrected chi connectivity index (χ4v) is 6.38. The molecule has 4 aromatic rings. The van der Waals surface area contributed by atoms with Gasteiger partial charge in [0.2, 0.25) is 5.91 Å². The van der Waals surface area contributed by atoms with Crippen molar-refractivity contribution in [3.8, 4) is 22.4 Å². The smallest absolute Gasteiger partial charge is 0.407 e. The molecular weight excluding hydrogens is 606 g/mol. The van der Waals surface area contributed by atoms with Gasteiger partial charge < -0.3 is 35.5 Å². The average Bonchev–Trinajstić information content (AvgIpc) is 3.82. The molecule has 0 saturated carbocycles. The molecule has 2 atom stereocenters. The lowest BCUT2D eigenvalue weighted by Crippen LogP contribution is -2.51. The second kappa shape index (κ2) is 14.7. The number of hydrogen-bond acceptors (Lipinski definition) is 7. The van der Waals surface area contributed by atoms with Gasteiger partial charge in [0.25, 0.3) is 5.91 Å². The number of anilines is 2. The summed E-state index contributed by atoms with van der Waals surface area (Å²) in [5, 5.41) is 9.05. The molecule has 0 aliphatic carbocycles.